The van der Waals surface area contributed by atoms with Gasteiger partial charge in [-0.1, -0.05) is 54.6 Å². The highest BCUT2D eigenvalue weighted by Crippen LogP contribution is 2.24. The topological polar surface area (TPSA) is 76.7 Å². The van der Waals surface area contributed by atoms with Crippen LogP contribution in [-0.4, -0.2) is 25.5 Å². The maximum absolute atomic E-state index is 12.5. The molecule has 2 amide bonds. The Hall–Kier alpha value is -4.58. The van der Waals surface area contributed by atoms with E-state index in [4.69, 9.17) is 9.47 Å². The van der Waals surface area contributed by atoms with Gasteiger partial charge in [0.2, 0.25) is 0 Å². The second kappa shape index (κ2) is 10.8. The van der Waals surface area contributed by atoms with E-state index in [0.29, 0.717) is 28.4 Å². The summed E-state index contributed by atoms with van der Waals surface area (Å²) in [5, 5.41) is 5.59. The number of hydrogen-bond acceptors (Lipinski definition) is 4. The molecule has 0 heterocycles. The zero-order valence-corrected chi connectivity index (χ0v) is 18.7. The number of carbonyl (C=O) groups is 2. The highest BCUT2D eigenvalue weighted by Gasteiger charge is 2.10. The fourth-order valence-electron chi connectivity index (χ4n) is 3.37. The van der Waals surface area contributed by atoms with Crippen molar-refractivity contribution in [1.29, 1.82) is 0 Å². The smallest absolute Gasteiger partial charge is 0.262 e. The van der Waals surface area contributed by atoms with Gasteiger partial charge in [0.1, 0.15) is 11.5 Å². The number of benzene rings is 4. The van der Waals surface area contributed by atoms with Gasteiger partial charge in [0.15, 0.2) is 6.61 Å². The van der Waals surface area contributed by atoms with Crippen LogP contribution in [0.2, 0.25) is 0 Å². The van der Waals surface area contributed by atoms with Gasteiger partial charge in [0, 0.05) is 11.3 Å². The third kappa shape index (κ3) is 5.81. The summed E-state index contributed by atoms with van der Waals surface area (Å²) in [5.41, 5.74) is 3.81. The molecule has 2 N–H and O–H groups in total. The van der Waals surface area contributed by atoms with E-state index in [1.165, 1.54) is 0 Å². The summed E-state index contributed by atoms with van der Waals surface area (Å²) in [7, 11) is 1.55. The molecule has 34 heavy (non-hydrogen) atoms. The minimum Gasteiger partial charge on any atom is -0.495 e. The van der Waals surface area contributed by atoms with Crippen molar-refractivity contribution in [3.8, 4) is 22.6 Å². The number of rotatable bonds is 8. The zero-order chi connectivity index (χ0) is 23.8. The fraction of sp³-hybridized carbons (Fsp3) is 0.0714. The molecule has 0 aliphatic carbocycles. The van der Waals surface area contributed by atoms with Crippen LogP contribution in [0.3, 0.4) is 0 Å². The summed E-state index contributed by atoms with van der Waals surface area (Å²) in [6, 6.07) is 31.4. The van der Waals surface area contributed by atoms with Crippen molar-refractivity contribution in [2.75, 3.05) is 24.4 Å². The van der Waals surface area contributed by atoms with Crippen LogP contribution in [0.25, 0.3) is 11.1 Å². The lowest BCUT2D eigenvalue weighted by Crippen LogP contribution is -2.20. The minimum atomic E-state index is -0.293. The van der Waals surface area contributed by atoms with Gasteiger partial charge in [-0.25, -0.2) is 0 Å². The number of nitrogens with one attached hydrogen (secondary N) is 2. The summed E-state index contributed by atoms with van der Waals surface area (Å²) in [6.07, 6.45) is 0. The van der Waals surface area contributed by atoms with Crippen LogP contribution in [-0.2, 0) is 4.79 Å². The average Bonchev–Trinajstić information content (AvgIpc) is 2.89. The van der Waals surface area contributed by atoms with E-state index in [2.05, 4.69) is 10.6 Å². The van der Waals surface area contributed by atoms with Gasteiger partial charge in [-0.05, 0) is 59.7 Å². The minimum absolute atomic E-state index is 0.124. The molecule has 4 rings (SSSR count). The Bertz CT molecular complexity index is 1250. The Morgan fingerprint density at radius 3 is 2.06 bits per heavy atom. The monoisotopic (exact) mass is 452 g/mol. The highest BCUT2D eigenvalue weighted by molar-refractivity contribution is 6.05. The third-order valence-corrected chi connectivity index (χ3v) is 5.12. The lowest BCUT2D eigenvalue weighted by molar-refractivity contribution is -0.118. The van der Waals surface area contributed by atoms with Crippen molar-refractivity contribution in [3.05, 3.63) is 109 Å². The highest BCUT2D eigenvalue weighted by atomic mass is 16.5. The van der Waals surface area contributed by atoms with Crippen LogP contribution in [0.1, 0.15) is 10.4 Å². The number of anilines is 2. The number of hydrogen-bond donors (Lipinski definition) is 2. The first-order valence-corrected chi connectivity index (χ1v) is 10.7. The molecule has 6 nitrogen and oxygen atoms in total. The van der Waals surface area contributed by atoms with Gasteiger partial charge in [-0.15, -0.1) is 0 Å². The Labute approximate surface area is 198 Å². The number of methoxy groups -OCH3 is 1. The van der Waals surface area contributed by atoms with Crippen molar-refractivity contribution in [3.63, 3.8) is 0 Å². The number of ether oxygens (including phenoxy) is 2. The Kier molecular flexibility index (Phi) is 7.20. The molecule has 0 atom stereocenters. The van der Waals surface area contributed by atoms with Gasteiger partial charge < -0.3 is 20.1 Å². The lowest BCUT2D eigenvalue weighted by atomic mass is 10.1. The molecular formula is C28H24N2O4. The molecule has 0 aliphatic heterocycles. The molecule has 4 aromatic carbocycles. The maximum Gasteiger partial charge on any atom is 0.262 e. The number of para-hydroxylation sites is 2. The van der Waals surface area contributed by atoms with Gasteiger partial charge >= 0.3 is 0 Å². The predicted octanol–water partition coefficient (Wildman–Crippen LogP) is 5.63. The lowest BCUT2D eigenvalue weighted by Gasteiger charge is -2.11. The molecule has 0 aliphatic rings. The fourth-order valence-corrected chi connectivity index (χ4v) is 3.37. The summed E-state index contributed by atoms with van der Waals surface area (Å²) < 4.78 is 10.8. The zero-order valence-electron chi connectivity index (χ0n) is 18.7. The van der Waals surface area contributed by atoms with Crippen LogP contribution >= 0.6 is 0 Å². The van der Waals surface area contributed by atoms with Gasteiger partial charge in [-0.3, -0.25) is 9.59 Å². The van der Waals surface area contributed by atoms with Crippen molar-refractivity contribution < 1.29 is 19.1 Å². The molecule has 0 unspecified atom stereocenters. The molecule has 0 bridgehead atoms. The van der Waals surface area contributed by atoms with Crippen molar-refractivity contribution >= 4 is 23.2 Å². The third-order valence-electron chi connectivity index (χ3n) is 5.12. The average molecular weight is 453 g/mol. The normalized spacial score (nSPS) is 10.3. The molecule has 170 valence electrons. The molecule has 0 radical (unpaired) electrons. The summed E-state index contributed by atoms with van der Waals surface area (Å²) in [5.74, 6) is 0.621. The van der Waals surface area contributed by atoms with Crippen molar-refractivity contribution in [1.82, 2.24) is 0 Å². The van der Waals surface area contributed by atoms with E-state index in [9.17, 15) is 9.59 Å². The second-order valence-corrected chi connectivity index (χ2v) is 7.46. The Morgan fingerprint density at radius 2 is 1.35 bits per heavy atom. The summed E-state index contributed by atoms with van der Waals surface area (Å²) in [4.78, 5) is 24.8. The largest absolute Gasteiger partial charge is 0.495 e. The molecule has 0 saturated heterocycles. The standard InChI is InChI=1S/C28H24N2O4/c1-33-26-10-6-5-9-25(26)30-28(32)22-11-15-23(16-12-22)29-27(31)19-34-24-17-13-21(14-18-24)20-7-3-2-4-8-20/h2-18H,19H2,1H3,(H,29,31)(H,30,32). The maximum atomic E-state index is 12.5. The number of amides is 2. The second-order valence-electron chi connectivity index (χ2n) is 7.46. The van der Waals surface area contributed by atoms with Gasteiger partial charge in [-0.2, -0.15) is 0 Å². The van der Waals surface area contributed by atoms with Gasteiger partial charge in [0.05, 0.1) is 12.8 Å². The van der Waals surface area contributed by atoms with Crippen molar-refractivity contribution in [2.45, 2.75) is 0 Å². The van der Waals surface area contributed by atoms with Gasteiger partial charge in [0.25, 0.3) is 11.8 Å². The Balaban J connectivity index is 1.28. The van der Waals surface area contributed by atoms with E-state index < -0.39 is 0 Å². The van der Waals surface area contributed by atoms with Crippen LogP contribution in [0.4, 0.5) is 11.4 Å². The summed E-state index contributed by atoms with van der Waals surface area (Å²) >= 11 is 0. The molecule has 6 heteroatoms. The van der Waals surface area contributed by atoms with E-state index in [-0.39, 0.29) is 18.4 Å². The predicted molar refractivity (Wildman–Crippen MR) is 133 cm³/mol. The quantitative estimate of drug-likeness (QED) is 0.363. The molecule has 0 fully saturated rings. The molecule has 0 saturated carbocycles. The Morgan fingerprint density at radius 1 is 0.706 bits per heavy atom. The van der Waals surface area contributed by atoms with Crippen LogP contribution in [0, 0.1) is 0 Å². The van der Waals surface area contributed by atoms with E-state index in [1.807, 2.05) is 66.7 Å². The van der Waals surface area contributed by atoms with E-state index >= 15 is 0 Å². The van der Waals surface area contributed by atoms with E-state index in [0.717, 1.165) is 11.1 Å². The first kappa shape index (κ1) is 22.6. The van der Waals surface area contributed by atoms with Crippen LogP contribution in [0.5, 0.6) is 11.5 Å². The van der Waals surface area contributed by atoms with E-state index in [1.54, 1.807) is 43.5 Å². The number of carbonyl (C=O) groups excluding carboxylic acids is 2. The first-order valence-electron chi connectivity index (χ1n) is 10.7. The molecule has 0 aromatic heterocycles. The van der Waals surface area contributed by atoms with Crippen LogP contribution in [0.15, 0.2) is 103 Å². The first-order chi connectivity index (χ1) is 16.6. The molecular weight excluding hydrogens is 428 g/mol. The SMILES string of the molecule is COc1ccccc1NC(=O)c1ccc(NC(=O)COc2ccc(-c3ccccc3)cc2)cc1. The van der Waals surface area contributed by atoms with Crippen LogP contribution < -0.4 is 20.1 Å². The molecule has 0 spiro atoms. The summed E-state index contributed by atoms with van der Waals surface area (Å²) in [6.45, 7) is -0.124. The van der Waals surface area contributed by atoms with Crippen molar-refractivity contribution in [2.24, 2.45) is 0 Å². The molecule has 4 aromatic rings.